The minimum Gasteiger partial charge on any atom is -0.496 e. The molecule has 20 nitrogen and oxygen atoms in total. The van der Waals surface area contributed by atoms with Crippen LogP contribution in [-0.4, -0.2) is 121 Å². The number of carbonyl (C=O) groups is 4. The van der Waals surface area contributed by atoms with Crippen molar-refractivity contribution in [1.82, 2.24) is 28.2 Å². The largest absolute Gasteiger partial charge is 0.496 e. The molecule has 0 aliphatic rings. The predicted octanol–water partition coefficient (Wildman–Crippen LogP) is 14.4. The molecule has 0 N–H and O–H groups in total. The predicted molar refractivity (Wildman–Crippen MR) is 353 cm³/mol. The molecule has 0 saturated heterocycles. The summed E-state index contributed by atoms with van der Waals surface area (Å²) in [6.07, 6.45) is 2.33. The molecule has 0 bridgehead atoms. The number of esters is 2. The van der Waals surface area contributed by atoms with Gasteiger partial charge in [0.15, 0.2) is 0 Å². The lowest BCUT2D eigenvalue weighted by Crippen LogP contribution is -2.27. The molecule has 4 heterocycles. The van der Waals surface area contributed by atoms with Crippen LogP contribution in [0.3, 0.4) is 0 Å². The monoisotopic (exact) mass is 1260 g/mol. The van der Waals surface area contributed by atoms with Crippen molar-refractivity contribution < 1.29 is 57.1 Å². The fourth-order valence-electron chi connectivity index (χ4n) is 11.1. The van der Waals surface area contributed by atoms with Crippen LogP contribution in [0, 0.1) is 48.3 Å². The molecule has 4 unspecified atom stereocenters. The zero-order chi connectivity index (χ0) is 66.5. The second-order valence-electron chi connectivity index (χ2n) is 27.2. The van der Waals surface area contributed by atoms with Crippen LogP contribution >= 0.6 is 0 Å². The van der Waals surface area contributed by atoms with Crippen LogP contribution < -0.4 is 9.47 Å². The molecule has 0 saturated carbocycles. The van der Waals surface area contributed by atoms with Crippen LogP contribution in [0.1, 0.15) is 112 Å². The number of aromatic nitrogens is 6. The Morgan fingerprint density at radius 3 is 1.34 bits per heavy atom. The molecule has 8 rings (SSSR count). The number of benzene rings is 4. The molecule has 0 spiro atoms. The van der Waals surface area contributed by atoms with E-state index in [0.717, 1.165) is 39.5 Å². The average Bonchev–Trinajstić information content (AvgIpc) is 1.53. The lowest BCUT2D eigenvalue weighted by molar-refractivity contribution is -0.146. The number of methoxy groups -OCH3 is 4. The number of hydrogen-bond acceptors (Lipinski definition) is 16. The topological polar surface area (TPSA) is 235 Å². The summed E-state index contributed by atoms with van der Waals surface area (Å²) < 4.78 is 53.2. The smallest absolute Gasteiger partial charge is 0.419 e. The zero-order valence-electron chi connectivity index (χ0n) is 56.0. The van der Waals surface area contributed by atoms with Gasteiger partial charge in [-0.15, -0.1) is 0 Å². The number of nitriles is 2. The van der Waals surface area contributed by atoms with E-state index in [2.05, 4.69) is 51.4 Å². The Hall–Kier alpha value is -8.29. The van der Waals surface area contributed by atoms with E-state index < -0.39 is 75.1 Å². The summed E-state index contributed by atoms with van der Waals surface area (Å²) in [4.78, 5) is 63.3. The van der Waals surface area contributed by atoms with E-state index in [4.69, 9.17) is 47.9 Å². The molecule has 0 amide bonds. The Labute approximate surface area is 529 Å². The number of aryl methyl sites for hydroxylation is 2. The Balaban J connectivity index is 0.000000256. The molecule has 22 heteroatoms. The van der Waals surface area contributed by atoms with Crippen molar-refractivity contribution in [3.05, 3.63) is 118 Å². The minimum atomic E-state index is -1.35. The third kappa shape index (κ3) is 15.6. The summed E-state index contributed by atoms with van der Waals surface area (Å²) in [7, 11) is 3.18. The summed E-state index contributed by atoms with van der Waals surface area (Å²) in [5, 5.41) is 20.7. The Morgan fingerprint density at radius 2 is 0.956 bits per heavy atom. The number of fused-ring (bicyclic) bond motifs is 4. The molecule has 0 radical (unpaired) electrons. The van der Waals surface area contributed by atoms with Crippen LogP contribution in [0.25, 0.3) is 43.9 Å². The third-order valence-electron chi connectivity index (χ3n) is 15.5. The summed E-state index contributed by atoms with van der Waals surface area (Å²) >= 11 is 0. The van der Waals surface area contributed by atoms with Crippen LogP contribution in [-0.2, 0) is 51.5 Å². The van der Waals surface area contributed by atoms with Crippen LogP contribution in [0.15, 0.2) is 73.1 Å². The normalized spacial score (nSPS) is 13.4. The molecule has 0 aliphatic carbocycles. The van der Waals surface area contributed by atoms with Crippen molar-refractivity contribution in [3.63, 3.8) is 0 Å². The molecule has 4 atom stereocenters. The van der Waals surface area contributed by atoms with Crippen molar-refractivity contribution in [1.29, 1.82) is 10.5 Å². The van der Waals surface area contributed by atoms with Crippen LogP contribution in [0.4, 0.5) is 9.59 Å². The first-order chi connectivity index (χ1) is 42.2. The highest BCUT2D eigenvalue weighted by Gasteiger charge is 2.39. The fourth-order valence-corrected chi connectivity index (χ4v) is 12.6. The molecule has 90 heavy (non-hydrogen) atoms. The van der Waals surface area contributed by atoms with Gasteiger partial charge in [0.05, 0.1) is 108 Å². The molecule has 0 fully saturated rings. The van der Waals surface area contributed by atoms with Crippen molar-refractivity contribution in [3.8, 4) is 23.6 Å². The highest BCUT2D eigenvalue weighted by atomic mass is 28.3. The van der Waals surface area contributed by atoms with Gasteiger partial charge in [-0.1, -0.05) is 53.1 Å². The number of imidazole rings is 2. The van der Waals surface area contributed by atoms with Crippen molar-refractivity contribution in [2.24, 2.45) is 11.8 Å². The summed E-state index contributed by atoms with van der Waals surface area (Å²) in [5.74, 6) is -1.46. The van der Waals surface area contributed by atoms with E-state index in [1.807, 2.05) is 94.9 Å². The number of rotatable bonds is 20. The maximum absolute atomic E-state index is 13.3. The van der Waals surface area contributed by atoms with Gasteiger partial charge in [-0.25, -0.2) is 19.6 Å². The van der Waals surface area contributed by atoms with E-state index in [9.17, 15) is 29.7 Å². The SMILES string of the molecule is COC(=O)C(C)C(c1c(OC)cc(C)c2c1ccn2C(=O)OC(C)(C)C)c1nc2cc(C#N)ccc2n1COCC[Si](C)(C)C.COC(=O)C(C)C(c1c(OC)cc(C)c2c1ccn2C(=O)OC(C)(C)C)c1nc2ccc(C#N)cc2n1COCC[Si](C)(C)C. The fraction of sp³-hybridized carbons (Fsp3) is 0.471. The Morgan fingerprint density at radius 1 is 0.556 bits per heavy atom. The van der Waals surface area contributed by atoms with Gasteiger partial charge in [0.25, 0.3) is 0 Å². The second kappa shape index (κ2) is 27.8. The molecule has 4 aromatic heterocycles. The first-order valence-corrected chi connectivity index (χ1v) is 37.6. The highest BCUT2D eigenvalue weighted by molar-refractivity contribution is 6.76. The van der Waals surface area contributed by atoms with Crippen molar-refractivity contribution in [2.75, 3.05) is 41.7 Å². The molecule has 0 aliphatic heterocycles. The first kappa shape index (κ1) is 69.2. The summed E-state index contributed by atoms with van der Waals surface area (Å²) in [6, 6.07) is 24.4. The Bertz CT molecular complexity index is 3920. The standard InChI is InChI=1S/2C34H44N4O6Si/c1-21-17-27(41-6)29(24-13-14-37(30(21)24)33(40)44-34(3,4)5)28(22(2)32(39)42-7)31-36-25-18-23(19-35)11-12-26(25)38(31)20-43-15-16-45(8,9)10;1-21-17-27(41-6)29(24-13-14-37(30(21)24)33(40)44-34(3,4)5)28(22(2)32(39)42-7)31-36-25-12-11-23(19-35)18-26(25)38(31)20-43-15-16-45(8,9)10/h2*11-14,17-18,22,28H,15-16,20H2,1-10H3. The maximum atomic E-state index is 13.3. The van der Waals surface area contributed by atoms with E-state index in [-0.39, 0.29) is 13.5 Å². The molecule has 8 aromatic rings. The molecular formula is C68H88N8O12Si2. The van der Waals surface area contributed by atoms with E-state index in [0.29, 0.717) is 86.2 Å². The number of hydrogen-bond donors (Lipinski definition) is 0. The quantitative estimate of drug-likeness (QED) is 0.0298. The van der Waals surface area contributed by atoms with Gasteiger partial charge in [0.1, 0.15) is 47.8 Å². The summed E-state index contributed by atoms with van der Waals surface area (Å²) in [5.41, 5.74) is 6.56. The van der Waals surface area contributed by atoms with Gasteiger partial charge < -0.3 is 47.0 Å². The van der Waals surface area contributed by atoms with E-state index >= 15 is 0 Å². The first-order valence-electron chi connectivity index (χ1n) is 30.2. The molecule has 480 valence electrons. The maximum Gasteiger partial charge on any atom is 0.419 e. The lowest BCUT2D eigenvalue weighted by atomic mass is 9.83. The van der Waals surface area contributed by atoms with Gasteiger partial charge >= 0.3 is 24.1 Å². The average molecular weight is 1270 g/mol. The Kier molecular flexibility index (Phi) is 21.4. The van der Waals surface area contributed by atoms with E-state index in [1.54, 1.807) is 70.8 Å². The minimum absolute atomic E-state index is 0.172. The highest BCUT2D eigenvalue weighted by Crippen LogP contribution is 2.47. The van der Waals surface area contributed by atoms with Crippen molar-refractivity contribution >= 4 is 84.1 Å². The van der Waals surface area contributed by atoms with Crippen LogP contribution in [0.2, 0.25) is 51.4 Å². The third-order valence-corrected chi connectivity index (χ3v) is 18.9. The number of ether oxygens (including phenoxy) is 8. The van der Waals surface area contributed by atoms with Crippen LogP contribution in [0.5, 0.6) is 11.5 Å². The van der Waals surface area contributed by atoms with Gasteiger partial charge in [0, 0.05) is 63.7 Å². The number of nitrogens with zero attached hydrogens (tertiary/aromatic N) is 8. The van der Waals surface area contributed by atoms with Gasteiger partial charge in [-0.2, -0.15) is 10.5 Å². The summed E-state index contributed by atoms with van der Waals surface area (Å²) in [6.45, 7) is 33.6. The second-order valence-corrected chi connectivity index (χ2v) is 38.4. The van der Waals surface area contributed by atoms with Crippen molar-refractivity contribution in [2.45, 2.75) is 157 Å². The molecular weight excluding hydrogens is 1180 g/mol. The van der Waals surface area contributed by atoms with Gasteiger partial charge in [-0.05, 0) is 139 Å². The lowest BCUT2D eigenvalue weighted by Gasteiger charge is -2.27. The van der Waals surface area contributed by atoms with E-state index in [1.165, 1.54) is 23.4 Å². The van der Waals surface area contributed by atoms with Gasteiger partial charge in [-0.3, -0.25) is 18.7 Å². The number of carbonyl (C=O) groups excluding carboxylic acids is 4. The zero-order valence-corrected chi connectivity index (χ0v) is 58.0. The van der Waals surface area contributed by atoms with Gasteiger partial charge in [0.2, 0.25) is 0 Å². The molecule has 4 aromatic carbocycles.